The van der Waals surface area contributed by atoms with Gasteiger partial charge in [-0.3, -0.25) is 14.6 Å². The Labute approximate surface area is 198 Å². The van der Waals surface area contributed by atoms with Crippen LogP contribution < -0.4 is 10.6 Å². The Kier molecular flexibility index (Phi) is 7.42. The zero-order valence-corrected chi connectivity index (χ0v) is 20.4. The van der Waals surface area contributed by atoms with Crippen molar-refractivity contribution in [2.24, 2.45) is 29.1 Å². The number of pyridine rings is 1. The van der Waals surface area contributed by atoms with E-state index in [0.717, 1.165) is 38.5 Å². The molecule has 182 valence electrons. The lowest BCUT2D eigenvalue weighted by molar-refractivity contribution is -0.142. The van der Waals surface area contributed by atoms with Gasteiger partial charge in [-0.25, -0.2) is 0 Å². The van der Waals surface area contributed by atoms with E-state index in [-0.39, 0.29) is 46.9 Å². The van der Waals surface area contributed by atoms with Crippen LogP contribution in [0.15, 0.2) is 24.5 Å². The Morgan fingerprint density at radius 1 is 1.06 bits per heavy atom. The molecule has 7 atom stereocenters. The van der Waals surface area contributed by atoms with Crippen LogP contribution in [0.2, 0.25) is 0 Å². The highest BCUT2D eigenvalue weighted by Crippen LogP contribution is 2.55. The number of carbonyl (C=O) groups excluding carboxylic acids is 2. The van der Waals surface area contributed by atoms with Gasteiger partial charge in [0, 0.05) is 36.0 Å². The van der Waals surface area contributed by atoms with Gasteiger partial charge in [0.25, 0.3) is 5.91 Å². The van der Waals surface area contributed by atoms with Crippen LogP contribution in [0.25, 0.3) is 0 Å². The molecule has 3 aliphatic rings. The number of rotatable bonds is 5. The summed E-state index contributed by atoms with van der Waals surface area (Å²) in [5.41, 5.74) is 0.660. The van der Waals surface area contributed by atoms with Crippen molar-refractivity contribution in [3.8, 4) is 0 Å². The minimum absolute atomic E-state index is 0.0171. The fourth-order valence-electron chi connectivity index (χ4n) is 7.03. The predicted molar refractivity (Wildman–Crippen MR) is 128 cm³/mol. The maximum absolute atomic E-state index is 13.1. The average Bonchev–Trinajstić information content (AvgIpc) is 2.82. The minimum Gasteiger partial charge on any atom is -0.392 e. The van der Waals surface area contributed by atoms with E-state index in [2.05, 4.69) is 29.5 Å². The highest BCUT2D eigenvalue weighted by atomic mass is 16.3. The maximum atomic E-state index is 13.1. The van der Waals surface area contributed by atoms with Gasteiger partial charge in [0.15, 0.2) is 0 Å². The summed E-state index contributed by atoms with van der Waals surface area (Å²) in [6.07, 6.45) is 12.3. The highest BCUT2D eigenvalue weighted by molar-refractivity contribution is 5.94. The van der Waals surface area contributed by atoms with Gasteiger partial charge in [-0.15, -0.1) is 0 Å². The molecule has 0 unspecified atom stereocenters. The standard InChI is InChI=1S/C27H41N3O3/c1-17(25(32)29-20-7-5-4-6-8-20)21-9-13-27(3)14-10-22(18(2)23(27)24(21)31)30-26(33)19-11-15-28-16-12-19/h11-12,15-18,20-24,31H,4-10,13-14H2,1-3H3,(H,29,32)(H,30,33)/t17-,18+,21-,22-,23+,24-,27-/m0/s1. The van der Waals surface area contributed by atoms with Gasteiger partial charge in [-0.1, -0.05) is 40.0 Å². The van der Waals surface area contributed by atoms with E-state index in [1.54, 1.807) is 24.5 Å². The molecule has 3 N–H and O–H groups in total. The van der Waals surface area contributed by atoms with E-state index in [1.807, 2.05) is 6.92 Å². The molecule has 0 saturated heterocycles. The number of aliphatic hydroxyl groups excluding tert-OH is 1. The van der Waals surface area contributed by atoms with Crippen molar-refractivity contribution in [1.82, 2.24) is 15.6 Å². The normalized spacial score (nSPS) is 35.8. The first-order valence-electron chi connectivity index (χ1n) is 13.0. The van der Waals surface area contributed by atoms with E-state index in [1.165, 1.54) is 19.3 Å². The Bertz CT molecular complexity index is 825. The fourth-order valence-corrected chi connectivity index (χ4v) is 7.03. The fraction of sp³-hybridized carbons (Fsp3) is 0.741. The molecule has 4 rings (SSSR count). The molecule has 0 spiro atoms. The summed E-state index contributed by atoms with van der Waals surface area (Å²) in [6, 6.07) is 3.76. The molecule has 0 radical (unpaired) electrons. The number of nitrogens with one attached hydrogen (secondary N) is 2. The van der Waals surface area contributed by atoms with Gasteiger partial charge >= 0.3 is 0 Å². The molecule has 0 aromatic carbocycles. The molecular weight excluding hydrogens is 414 g/mol. The zero-order valence-electron chi connectivity index (χ0n) is 20.4. The second-order valence-electron chi connectivity index (χ2n) is 11.2. The van der Waals surface area contributed by atoms with Crippen LogP contribution in [0.1, 0.15) is 88.9 Å². The largest absolute Gasteiger partial charge is 0.392 e. The van der Waals surface area contributed by atoms with Crippen LogP contribution >= 0.6 is 0 Å². The van der Waals surface area contributed by atoms with Crippen LogP contribution in [0.4, 0.5) is 0 Å². The maximum Gasteiger partial charge on any atom is 0.251 e. The third-order valence-corrected chi connectivity index (χ3v) is 9.15. The number of fused-ring (bicyclic) bond motifs is 1. The molecule has 33 heavy (non-hydrogen) atoms. The van der Waals surface area contributed by atoms with Gasteiger partial charge in [0.05, 0.1) is 6.10 Å². The van der Waals surface area contributed by atoms with Gasteiger partial charge in [0.2, 0.25) is 5.91 Å². The van der Waals surface area contributed by atoms with Crippen LogP contribution in [0, 0.1) is 29.1 Å². The number of aliphatic hydroxyl groups is 1. The highest BCUT2D eigenvalue weighted by Gasteiger charge is 2.54. The van der Waals surface area contributed by atoms with E-state index in [0.29, 0.717) is 11.6 Å². The number of amides is 2. The van der Waals surface area contributed by atoms with Crippen LogP contribution in [0.3, 0.4) is 0 Å². The number of carbonyl (C=O) groups is 2. The third-order valence-electron chi connectivity index (χ3n) is 9.15. The summed E-state index contributed by atoms with van der Waals surface area (Å²) in [5, 5.41) is 18.1. The van der Waals surface area contributed by atoms with Gasteiger partial charge in [-0.05, 0) is 73.8 Å². The first-order chi connectivity index (χ1) is 15.8. The summed E-state index contributed by atoms with van der Waals surface area (Å²) in [4.78, 5) is 29.8. The van der Waals surface area contributed by atoms with Crippen LogP contribution in [-0.2, 0) is 4.79 Å². The van der Waals surface area contributed by atoms with Gasteiger partial charge in [-0.2, -0.15) is 0 Å². The van der Waals surface area contributed by atoms with Crippen molar-refractivity contribution in [3.63, 3.8) is 0 Å². The molecule has 6 heteroatoms. The van der Waals surface area contributed by atoms with Crippen molar-refractivity contribution in [2.45, 2.75) is 96.7 Å². The molecule has 1 aromatic heterocycles. The molecule has 1 aromatic rings. The summed E-state index contributed by atoms with van der Waals surface area (Å²) in [7, 11) is 0. The first kappa shape index (κ1) is 24.2. The summed E-state index contributed by atoms with van der Waals surface area (Å²) < 4.78 is 0. The van der Waals surface area contributed by atoms with Gasteiger partial charge in [0.1, 0.15) is 0 Å². The third kappa shape index (κ3) is 5.11. The Morgan fingerprint density at radius 2 is 1.73 bits per heavy atom. The Hall–Kier alpha value is -1.95. The Balaban J connectivity index is 1.43. The zero-order chi connectivity index (χ0) is 23.6. The molecule has 1 heterocycles. The molecule has 0 aliphatic heterocycles. The van der Waals surface area contributed by atoms with Gasteiger partial charge < -0.3 is 15.7 Å². The lowest BCUT2D eigenvalue weighted by atomic mass is 9.51. The molecule has 3 saturated carbocycles. The second kappa shape index (κ2) is 10.1. The van der Waals surface area contributed by atoms with Crippen molar-refractivity contribution in [1.29, 1.82) is 0 Å². The van der Waals surface area contributed by atoms with E-state index in [9.17, 15) is 14.7 Å². The van der Waals surface area contributed by atoms with Crippen molar-refractivity contribution < 1.29 is 14.7 Å². The summed E-state index contributed by atoms with van der Waals surface area (Å²) in [5.74, 6) is -0.0201. The topological polar surface area (TPSA) is 91.3 Å². The molecular formula is C27H41N3O3. The van der Waals surface area contributed by atoms with Crippen molar-refractivity contribution in [3.05, 3.63) is 30.1 Å². The molecule has 3 fully saturated rings. The Morgan fingerprint density at radius 3 is 2.42 bits per heavy atom. The van der Waals surface area contributed by atoms with Crippen LogP contribution in [-0.4, -0.2) is 40.1 Å². The first-order valence-corrected chi connectivity index (χ1v) is 13.0. The SMILES string of the molecule is C[C@H]1[C@@H]2[C@@H](O)[C@H]([C@H](C)C(=O)NC3CCCCC3)CC[C@@]2(C)CC[C@@H]1NC(=O)c1ccncc1. The molecule has 6 nitrogen and oxygen atoms in total. The summed E-state index contributed by atoms with van der Waals surface area (Å²) >= 11 is 0. The minimum atomic E-state index is -0.536. The van der Waals surface area contributed by atoms with E-state index >= 15 is 0 Å². The van der Waals surface area contributed by atoms with E-state index in [4.69, 9.17) is 0 Å². The van der Waals surface area contributed by atoms with Crippen LogP contribution in [0.5, 0.6) is 0 Å². The lowest BCUT2D eigenvalue weighted by Gasteiger charge is -2.56. The number of nitrogens with zero attached hydrogens (tertiary/aromatic N) is 1. The second-order valence-corrected chi connectivity index (χ2v) is 11.2. The van der Waals surface area contributed by atoms with Crippen molar-refractivity contribution >= 4 is 11.8 Å². The lowest BCUT2D eigenvalue weighted by Crippen LogP contribution is -2.58. The number of hydrogen-bond acceptors (Lipinski definition) is 4. The predicted octanol–water partition coefficient (Wildman–Crippen LogP) is 4.09. The molecule has 3 aliphatic carbocycles. The molecule has 0 bridgehead atoms. The smallest absolute Gasteiger partial charge is 0.251 e. The monoisotopic (exact) mass is 455 g/mol. The number of aromatic nitrogens is 1. The van der Waals surface area contributed by atoms with E-state index < -0.39 is 6.10 Å². The average molecular weight is 456 g/mol. The van der Waals surface area contributed by atoms with Crippen molar-refractivity contribution in [2.75, 3.05) is 0 Å². The number of hydrogen-bond donors (Lipinski definition) is 3. The molecule has 2 amide bonds. The quantitative estimate of drug-likeness (QED) is 0.624. The summed E-state index contributed by atoms with van der Waals surface area (Å²) in [6.45, 7) is 6.45.